The van der Waals surface area contributed by atoms with Gasteiger partial charge in [-0.25, -0.2) is 0 Å². The zero-order chi connectivity index (χ0) is 11.7. The number of hydrogen-bond acceptors (Lipinski definition) is 2. The fourth-order valence-electron chi connectivity index (χ4n) is 2.58. The third-order valence-corrected chi connectivity index (χ3v) is 3.36. The van der Waals surface area contributed by atoms with E-state index in [0.29, 0.717) is 0 Å². The zero-order valence-electron chi connectivity index (χ0n) is 10.2. The van der Waals surface area contributed by atoms with E-state index in [1.54, 1.807) is 0 Å². The van der Waals surface area contributed by atoms with E-state index in [1.165, 1.54) is 28.6 Å². The first kappa shape index (κ1) is 10.7. The molecule has 2 aromatic rings. The van der Waals surface area contributed by atoms with Crippen LogP contribution in [0.25, 0.3) is 10.9 Å². The molecule has 3 heteroatoms. The Bertz CT molecular complexity index is 530. The van der Waals surface area contributed by atoms with E-state index in [9.17, 15) is 0 Å². The van der Waals surface area contributed by atoms with Crippen molar-refractivity contribution in [3.8, 4) is 5.75 Å². The number of aromatic amines is 1. The lowest BCUT2D eigenvalue weighted by Gasteiger charge is -2.03. The number of H-pyrrole nitrogens is 1. The van der Waals surface area contributed by atoms with Crippen LogP contribution in [-0.2, 0) is 13.0 Å². The predicted molar refractivity (Wildman–Crippen MR) is 69.5 cm³/mol. The molecule has 0 saturated heterocycles. The molecule has 17 heavy (non-hydrogen) atoms. The van der Waals surface area contributed by atoms with Gasteiger partial charge >= 0.3 is 0 Å². The molecule has 0 atom stereocenters. The topological polar surface area (TPSA) is 37.0 Å². The number of aromatic nitrogens is 1. The maximum absolute atomic E-state index is 5.58. The van der Waals surface area contributed by atoms with Gasteiger partial charge in [-0.3, -0.25) is 0 Å². The first-order valence-corrected chi connectivity index (χ1v) is 6.35. The van der Waals surface area contributed by atoms with E-state index in [2.05, 4.69) is 22.4 Å². The molecular formula is C14H18N2O. The molecule has 0 spiro atoms. The van der Waals surface area contributed by atoms with Gasteiger partial charge in [-0.15, -0.1) is 0 Å². The summed E-state index contributed by atoms with van der Waals surface area (Å²) in [7, 11) is 0. The molecule has 0 saturated carbocycles. The molecule has 1 aliphatic heterocycles. The van der Waals surface area contributed by atoms with Crippen molar-refractivity contribution in [1.82, 2.24) is 10.3 Å². The summed E-state index contributed by atoms with van der Waals surface area (Å²) in [6, 6.07) is 6.32. The lowest BCUT2D eigenvalue weighted by Crippen LogP contribution is -2.12. The molecule has 0 fully saturated rings. The van der Waals surface area contributed by atoms with E-state index < -0.39 is 0 Å². The minimum absolute atomic E-state index is 0.722. The second-order valence-electron chi connectivity index (χ2n) is 4.50. The smallest absolute Gasteiger partial charge is 0.120 e. The van der Waals surface area contributed by atoms with Crippen molar-refractivity contribution < 1.29 is 4.74 Å². The first-order chi connectivity index (χ1) is 8.38. The van der Waals surface area contributed by atoms with E-state index in [-0.39, 0.29) is 0 Å². The fraction of sp³-hybridized carbons (Fsp3) is 0.429. The van der Waals surface area contributed by atoms with Crippen molar-refractivity contribution in [3.05, 3.63) is 29.5 Å². The van der Waals surface area contributed by atoms with Crippen LogP contribution in [0.15, 0.2) is 18.2 Å². The lowest BCUT2D eigenvalue weighted by molar-refractivity contribution is 0.340. The molecule has 0 unspecified atom stereocenters. The van der Waals surface area contributed by atoms with Gasteiger partial charge in [-0.05, 0) is 50.1 Å². The van der Waals surface area contributed by atoms with Crippen LogP contribution in [0.4, 0.5) is 0 Å². The molecule has 1 aliphatic rings. The normalized spacial score (nSPS) is 15.6. The van der Waals surface area contributed by atoms with Crippen LogP contribution < -0.4 is 10.1 Å². The van der Waals surface area contributed by atoms with Gasteiger partial charge < -0.3 is 15.0 Å². The number of fused-ring (bicyclic) bond motifs is 3. The van der Waals surface area contributed by atoms with Crippen LogP contribution in [0.5, 0.6) is 5.75 Å². The molecule has 0 radical (unpaired) electrons. The minimum Gasteiger partial charge on any atom is -0.494 e. The summed E-state index contributed by atoms with van der Waals surface area (Å²) in [5.74, 6) is 0.971. The highest BCUT2D eigenvalue weighted by atomic mass is 16.5. The minimum atomic E-state index is 0.722. The van der Waals surface area contributed by atoms with Gasteiger partial charge in [0, 0.05) is 23.1 Å². The summed E-state index contributed by atoms with van der Waals surface area (Å²) in [5.41, 5.74) is 4.03. The first-order valence-electron chi connectivity index (χ1n) is 6.35. The van der Waals surface area contributed by atoms with Crippen LogP contribution in [0, 0.1) is 0 Å². The molecule has 2 N–H and O–H groups in total. The van der Waals surface area contributed by atoms with Gasteiger partial charge in [-0.1, -0.05) is 0 Å². The number of nitrogens with one attached hydrogen (secondary N) is 2. The van der Waals surface area contributed by atoms with E-state index in [0.717, 1.165) is 31.9 Å². The van der Waals surface area contributed by atoms with Gasteiger partial charge in [-0.2, -0.15) is 0 Å². The van der Waals surface area contributed by atoms with Crippen LogP contribution in [0.2, 0.25) is 0 Å². The molecule has 1 aromatic heterocycles. The lowest BCUT2D eigenvalue weighted by atomic mass is 10.1. The molecule has 0 aliphatic carbocycles. The van der Waals surface area contributed by atoms with Gasteiger partial charge in [0.25, 0.3) is 0 Å². The number of rotatable bonds is 2. The Morgan fingerprint density at radius 3 is 3.18 bits per heavy atom. The van der Waals surface area contributed by atoms with Crippen molar-refractivity contribution in [2.24, 2.45) is 0 Å². The monoisotopic (exact) mass is 230 g/mol. The summed E-state index contributed by atoms with van der Waals surface area (Å²) in [5, 5.41) is 4.77. The highest BCUT2D eigenvalue weighted by molar-refractivity contribution is 5.86. The average Bonchev–Trinajstić information content (AvgIpc) is 2.53. The fourth-order valence-corrected chi connectivity index (χ4v) is 2.58. The number of aryl methyl sites for hydroxylation is 1. The van der Waals surface area contributed by atoms with E-state index in [1.807, 2.05) is 13.0 Å². The van der Waals surface area contributed by atoms with Gasteiger partial charge in [0.05, 0.1) is 6.61 Å². The molecule has 3 rings (SSSR count). The Morgan fingerprint density at radius 1 is 1.35 bits per heavy atom. The predicted octanol–water partition coefficient (Wildman–Crippen LogP) is 2.60. The largest absolute Gasteiger partial charge is 0.494 e. The van der Waals surface area contributed by atoms with Crippen molar-refractivity contribution in [3.63, 3.8) is 0 Å². The summed E-state index contributed by atoms with van der Waals surface area (Å²) in [6.07, 6.45) is 2.36. The molecule has 2 heterocycles. The number of hydrogen-bond donors (Lipinski definition) is 2. The quantitative estimate of drug-likeness (QED) is 0.832. The standard InChI is InChI=1S/C14H18N2O/c1-2-17-10-5-6-13-12(8-10)11-4-3-7-15-9-14(11)16-13/h5-6,8,15-16H,2-4,7,9H2,1H3. The average molecular weight is 230 g/mol. The van der Waals surface area contributed by atoms with Crippen LogP contribution in [0.3, 0.4) is 0 Å². The number of ether oxygens (including phenoxy) is 1. The molecule has 3 nitrogen and oxygen atoms in total. The second kappa shape index (κ2) is 4.41. The summed E-state index contributed by atoms with van der Waals surface area (Å²) in [6.45, 7) is 4.80. The van der Waals surface area contributed by atoms with Crippen molar-refractivity contribution in [1.29, 1.82) is 0 Å². The summed E-state index contributed by atoms with van der Waals surface area (Å²) >= 11 is 0. The molecule has 0 bridgehead atoms. The number of benzene rings is 1. The van der Waals surface area contributed by atoms with Crippen LogP contribution >= 0.6 is 0 Å². The van der Waals surface area contributed by atoms with Crippen molar-refractivity contribution >= 4 is 10.9 Å². The van der Waals surface area contributed by atoms with Gasteiger partial charge in [0.15, 0.2) is 0 Å². The van der Waals surface area contributed by atoms with E-state index in [4.69, 9.17) is 4.74 Å². The highest BCUT2D eigenvalue weighted by Gasteiger charge is 2.14. The Hall–Kier alpha value is -1.48. The highest BCUT2D eigenvalue weighted by Crippen LogP contribution is 2.28. The Labute approximate surface area is 101 Å². The molecule has 1 aromatic carbocycles. The van der Waals surface area contributed by atoms with E-state index >= 15 is 0 Å². The Balaban J connectivity index is 2.10. The third kappa shape index (κ3) is 1.91. The molecular weight excluding hydrogens is 212 g/mol. The molecule has 90 valence electrons. The maximum Gasteiger partial charge on any atom is 0.120 e. The maximum atomic E-state index is 5.58. The van der Waals surface area contributed by atoms with Gasteiger partial charge in [0.1, 0.15) is 5.75 Å². The summed E-state index contributed by atoms with van der Waals surface area (Å²) in [4.78, 5) is 3.51. The Morgan fingerprint density at radius 2 is 2.29 bits per heavy atom. The molecule has 0 amide bonds. The van der Waals surface area contributed by atoms with Crippen LogP contribution in [-0.4, -0.2) is 18.1 Å². The second-order valence-corrected chi connectivity index (χ2v) is 4.50. The SMILES string of the molecule is CCOc1ccc2[nH]c3c(c2c1)CCCNC3. The van der Waals surface area contributed by atoms with Gasteiger partial charge in [0.2, 0.25) is 0 Å². The summed E-state index contributed by atoms with van der Waals surface area (Å²) < 4.78 is 5.58. The van der Waals surface area contributed by atoms with Crippen LogP contribution in [0.1, 0.15) is 24.6 Å². The Kier molecular flexibility index (Phi) is 2.77. The van der Waals surface area contributed by atoms with Crippen molar-refractivity contribution in [2.75, 3.05) is 13.2 Å². The zero-order valence-corrected chi connectivity index (χ0v) is 10.2. The van der Waals surface area contributed by atoms with Crippen molar-refractivity contribution in [2.45, 2.75) is 26.3 Å². The third-order valence-electron chi connectivity index (χ3n) is 3.36.